The summed E-state index contributed by atoms with van der Waals surface area (Å²) in [5.74, 6) is 1.06. The van der Waals surface area contributed by atoms with Crippen LogP contribution in [0, 0.1) is 6.92 Å². The zero-order valence-corrected chi connectivity index (χ0v) is 16.5. The van der Waals surface area contributed by atoms with E-state index in [0.717, 1.165) is 5.75 Å². The lowest BCUT2D eigenvalue weighted by Gasteiger charge is -2.10. The van der Waals surface area contributed by atoms with Crippen LogP contribution in [0.15, 0.2) is 35.1 Å². The number of carbonyl (C=O) groups excluding carboxylic acids is 1. The number of ether oxygens (including phenoxy) is 1. The molecule has 0 fully saturated rings. The highest BCUT2D eigenvalue weighted by molar-refractivity contribution is 7.98. The summed E-state index contributed by atoms with van der Waals surface area (Å²) in [4.78, 5) is 33.1. The highest BCUT2D eigenvalue weighted by Crippen LogP contribution is 2.32. The summed E-state index contributed by atoms with van der Waals surface area (Å²) in [5, 5.41) is 0.503. The largest absolute Gasteiger partial charge is 0.462 e. The molecule has 0 radical (unpaired) electrons. The molecular formula is C19H20N2O3S2. The van der Waals surface area contributed by atoms with Gasteiger partial charge in [0.05, 0.1) is 17.2 Å². The van der Waals surface area contributed by atoms with Crippen molar-refractivity contribution in [2.45, 2.75) is 31.8 Å². The lowest BCUT2D eigenvalue weighted by atomic mass is 10.2. The summed E-state index contributed by atoms with van der Waals surface area (Å²) in [5.41, 5.74) is 1.65. The molecular weight excluding hydrogens is 368 g/mol. The minimum absolute atomic E-state index is 0.0285. The lowest BCUT2D eigenvalue weighted by molar-refractivity contribution is 0.0531. The predicted molar refractivity (Wildman–Crippen MR) is 107 cm³/mol. The average Bonchev–Trinajstić information content (AvgIpc) is 2.98. The maximum atomic E-state index is 12.5. The van der Waals surface area contributed by atoms with Gasteiger partial charge in [-0.2, -0.15) is 0 Å². The molecule has 0 aliphatic heterocycles. The molecule has 1 N–H and O–H groups in total. The van der Waals surface area contributed by atoms with Crippen LogP contribution >= 0.6 is 23.1 Å². The van der Waals surface area contributed by atoms with Crippen molar-refractivity contribution in [2.24, 2.45) is 0 Å². The molecule has 0 saturated carbocycles. The van der Waals surface area contributed by atoms with Crippen LogP contribution in [0.1, 0.15) is 45.7 Å². The molecule has 0 aliphatic carbocycles. The quantitative estimate of drug-likeness (QED) is 0.631. The summed E-state index contributed by atoms with van der Waals surface area (Å²) in [7, 11) is 0. The van der Waals surface area contributed by atoms with Gasteiger partial charge < -0.3 is 9.72 Å². The summed E-state index contributed by atoms with van der Waals surface area (Å²) < 4.78 is 5.07. The van der Waals surface area contributed by atoms with Crippen molar-refractivity contribution in [2.75, 3.05) is 6.61 Å². The number of fused-ring (bicyclic) bond motifs is 1. The first kappa shape index (κ1) is 18.7. The van der Waals surface area contributed by atoms with Gasteiger partial charge in [-0.15, -0.1) is 23.1 Å². The molecule has 136 valence electrons. The van der Waals surface area contributed by atoms with E-state index < -0.39 is 5.97 Å². The molecule has 2 aromatic heterocycles. The maximum absolute atomic E-state index is 12.5. The number of esters is 1. The summed E-state index contributed by atoms with van der Waals surface area (Å²) in [6.07, 6.45) is 0. The van der Waals surface area contributed by atoms with E-state index in [2.05, 4.69) is 22.1 Å². The van der Waals surface area contributed by atoms with E-state index in [0.29, 0.717) is 33.1 Å². The fourth-order valence-corrected chi connectivity index (χ4v) is 4.61. The van der Waals surface area contributed by atoms with Gasteiger partial charge in [-0.3, -0.25) is 4.79 Å². The Labute approximate surface area is 159 Å². The Bertz CT molecular complexity index is 980. The number of H-pyrrole nitrogens is 1. The molecule has 0 amide bonds. The lowest BCUT2D eigenvalue weighted by Crippen LogP contribution is -2.13. The van der Waals surface area contributed by atoms with Crippen molar-refractivity contribution in [3.63, 3.8) is 0 Å². The fraction of sp³-hybridized carbons (Fsp3) is 0.316. The molecule has 3 rings (SSSR count). The zero-order valence-electron chi connectivity index (χ0n) is 14.9. The summed E-state index contributed by atoms with van der Waals surface area (Å²) in [6.45, 7) is 5.84. The van der Waals surface area contributed by atoms with Crippen LogP contribution in [-0.2, 0) is 10.5 Å². The van der Waals surface area contributed by atoms with Gasteiger partial charge in [0.1, 0.15) is 15.5 Å². The van der Waals surface area contributed by atoms with Gasteiger partial charge in [0.15, 0.2) is 0 Å². The fourth-order valence-electron chi connectivity index (χ4n) is 2.62. The number of hydrogen-bond acceptors (Lipinski definition) is 6. The number of aromatic nitrogens is 2. The second-order valence-corrected chi connectivity index (χ2v) is 8.17. The van der Waals surface area contributed by atoms with E-state index in [4.69, 9.17) is 4.74 Å². The standard InChI is InChI=1S/C19H20N2O3S2/c1-4-24-19(23)15-11(2)14-17(22)20-16(21-18(14)26-15)12(3)25-10-13-8-6-5-7-9-13/h5-9,12H,4,10H2,1-3H3,(H,20,21,22)/t12-/m0/s1. The molecule has 3 aromatic rings. The average molecular weight is 389 g/mol. The molecule has 0 spiro atoms. The van der Waals surface area contributed by atoms with Crippen molar-refractivity contribution in [3.8, 4) is 0 Å². The number of hydrogen-bond donors (Lipinski definition) is 1. The second kappa shape index (κ2) is 8.05. The van der Waals surface area contributed by atoms with Crippen LogP contribution in [0.3, 0.4) is 0 Å². The SMILES string of the molecule is CCOC(=O)c1sc2nc([C@H](C)SCc3ccccc3)[nH]c(=O)c2c1C. The molecule has 0 unspecified atom stereocenters. The third-order valence-corrected chi connectivity index (χ3v) is 6.40. The summed E-state index contributed by atoms with van der Waals surface area (Å²) >= 11 is 2.92. The highest BCUT2D eigenvalue weighted by Gasteiger charge is 2.21. The maximum Gasteiger partial charge on any atom is 0.348 e. The van der Waals surface area contributed by atoms with E-state index in [9.17, 15) is 9.59 Å². The monoisotopic (exact) mass is 388 g/mol. The Balaban J connectivity index is 1.88. The van der Waals surface area contributed by atoms with Gasteiger partial charge in [-0.1, -0.05) is 30.3 Å². The Morgan fingerprint density at radius 2 is 2.08 bits per heavy atom. The van der Waals surface area contributed by atoms with E-state index >= 15 is 0 Å². The first-order valence-electron chi connectivity index (χ1n) is 8.37. The molecule has 1 atom stereocenters. The van der Waals surface area contributed by atoms with Gasteiger partial charge in [-0.25, -0.2) is 9.78 Å². The van der Waals surface area contributed by atoms with Crippen molar-refractivity contribution < 1.29 is 9.53 Å². The number of benzene rings is 1. The van der Waals surface area contributed by atoms with Gasteiger partial charge >= 0.3 is 5.97 Å². The van der Waals surface area contributed by atoms with Crippen LogP contribution in [0.2, 0.25) is 0 Å². The minimum atomic E-state index is -0.402. The van der Waals surface area contributed by atoms with Crippen LogP contribution in [0.4, 0.5) is 0 Å². The number of nitrogens with one attached hydrogen (secondary N) is 1. The van der Waals surface area contributed by atoms with Gasteiger partial charge in [0.25, 0.3) is 5.56 Å². The number of nitrogens with zero attached hydrogens (tertiary/aromatic N) is 1. The van der Waals surface area contributed by atoms with E-state index in [1.165, 1.54) is 16.9 Å². The topological polar surface area (TPSA) is 72.0 Å². The Morgan fingerprint density at radius 1 is 1.35 bits per heavy atom. The van der Waals surface area contributed by atoms with Gasteiger partial charge in [0, 0.05) is 5.75 Å². The third-order valence-electron chi connectivity index (χ3n) is 4.01. The predicted octanol–water partition coefficient (Wildman–Crippen LogP) is 4.46. The van der Waals surface area contributed by atoms with Crippen LogP contribution < -0.4 is 5.56 Å². The molecule has 5 nitrogen and oxygen atoms in total. The van der Waals surface area contributed by atoms with Gasteiger partial charge in [-0.05, 0) is 31.9 Å². The normalized spacial score (nSPS) is 12.3. The first-order chi connectivity index (χ1) is 12.5. The smallest absolute Gasteiger partial charge is 0.348 e. The summed E-state index contributed by atoms with van der Waals surface area (Å²) in [6, 6.07) is 10.2. The molecule has 0 aliphatic rings. The number of aromatic amines is 1. The number of aryl methyl sites for hydroxylation is 1. The molecule has 0 saturated heterocycles. The molecule has 26 heavy (non-hydrogen) atoms. The highest BCUT2D eigenvalue weighted by atomic mass is 32.2. The third kappa shape index (κ3) is 3.83. The Kier molecular flexibility index (Phi) is 5.78. The van der Waals surface area contributed by atoms with E-state index in [-0.39, 0.29) is 10.8 Å². The number of carbonyl (C=O) groups is 1. The van der Waals surface area contributed by atoms with Crippen molar-refractivity contribution in [3.05, 3.63) is 62.5 Å². The number of rotatable bonds is 6. The Hall–Kier alpha value is -2.12. The second-order valence-electron chi connectivity index (χ2n) is 5.85. The van der Waals surface area contributed by atoms with Crippen LogP contribution in [-0.4, -0.2) is 22.5 Å². The van der Waals surface area contributed by atoms with E-state index in [1.807, 2.05) is 25.1 Å². The van der Waals surface area contributed by atoms with Crippen molar-refractivity contribution in [1.82, 2.24) is 9.97 Å². The van der Waals surface area contributed by atoms with Crippen LogP contribution in [0.5, 0.6) is 0 Å². The van der Waals surface area contributed by atoms with Gasteiger partial charge in [0.2, 0.25) is 0 Å². The number of thioether (sulfide) groups is 1. The Morgan fingerprint density at radius 3 is 2.77 bits per heavy atom. The molecule has 1 aromatic carbocycles. The van der Waals surface area contributed by atoms with Crippen molar-refractivity contribution >= 4 is 39.3 Å². The first-order valence-corrected chi connectivity index (χ1v) is 10.2. The van der Waals surface area contributed by atoms with Crippen molar-refractivity contribution in [1.29, 1.82) is 0 Å². The minimum Gasteiger partial charge on any atom is -0.462 e. The van der Waals surface area contributed by atoms with Crippen LogP contribution in [0.25, 0.3) is 10.2 Å². The molecule has 7 heteroatoms. The number of thiophene rings is 1. The molecule has 2 heterocycles. The van der Waals surface area contributed by atoms with E-state index in [1.54, 1.807) is 25.6 Å². The zero-order chi connectivity index (χ0) is 18.7. The molecule has 0 bridgehead atoms.